The lowest BCUT2D eigenvalue weighted by Crippen LogP contribution is -2.25. The largest absolute Gasteiger partial charge is 0.494 e. The second-order valence-electron chi connectivity index (χ2n) is 5.48. The number of methoxy groups -OCH3 is 1. The van der Waals surface area contributed by atoms with E-state index in [1.165, 1.54) is 7.11 Å². The van der Waals surface area contributed by atoms with E-state index in [0.717, 1.165) is 31.5 Å². The Morgan fingerprint density at radius 3 is 2.58 bits per heavy atom. The molecule has 108 valence electrons. The Morgan fingerprint density at radius 1 is 1.32 bits per heavy atom. The monoisotopic (exact) mass is 267 g/mol. The van der Waals surface area contributed by atoms with Crippen LogP contribution in [0.3, 0.4) is 0 Å². The van der Waals surface area contributed by atoms with Gasteiger partial charge in [-0.05, 0) is 55.5 Å². The van der Waals surface area contributed by atoms with Gasteiger partial charge in [0.05, 0.1) is 7.11 Å². The molecule has 1 atom stereocenters. The molecular formula is C16H26FNO. The van der Waals surface area contributed by atoms with E-state index in [-0.39, 0.29) is 5.82 Å². The second kappa shape index (κ2) is 8.16. The van der Waals surface area contributed by atoms with E-state index in [9.17, 15) is 4.39 Å². The van der Waals surface area contributed by atoms with Gasteiger partial charge in [0, 0.05) is 0 Å². The predicted molar refractivity (Wildman–Crippen MR) is 78.1 cm³/mol. The quantitative estimate of drug-likeness (QED) is 0.776. The van der Waals surface area contributed by atoms with Crippen molar-refractivity contribution in [2.24, 2.45) is 11.8 Å². The summed E-state index contributed by atoms with van der Waals surface area (Å²) < 4.78 is 18.6. The van der Waals surface area contributed by atoms with Gasteiger partial charge in [0.15, 0.2) is 11.6 Å². The molecule has 0 fully saturated rings. The van der Waals surface area contributed by atoms with Crippen molar-refractivity contribution in [1.29, 1.82) is 0 Å². The zero-order valence-corrected chi connectivity index (χ0v) is 12.5. The number of rotatable bonds is 8. The van der Waals surface area contributed by atoms with E-state index in [0.29, 0.717) is 17.6 Å². The highest BCUT2D eigenvalue weighted by Gasteiger charge is 2.13. The van der Waals surface area contributed by atoms with Gasteiger partial charge in [-0.3, -0.25) is 0 Å². The van der Waals surface area contributed by atoms with Crippen LogP contribution in [-0.4, -0.2) is 20.2 Å². The minimum atomic E-state index is -0.272. The number of hydrogen-bond acceptors (Lipinski definition) is 2. The Balaban J connectivity index is 2.69. The van der Waals surface area contributed by atoms with E-state index in [1.54, 1.807) is 12.1 Å². The van der Waals surface area contributed by atoms with Crippen LogP contribution in [0.2, 0.25) is 0 Å². The van der Waals surface area contributed by atoms with Crippen molar-refractivity contribution in [2.45, 2.75) is 33.6 Å². The Kier molecular flexibility index (Phi) is 6.85. The maximum absolute atomic E-state index is 13.7. The third-order valence-electron chi connectivity index (χ3n) is 3.23. The number of hydrogen-bond donors (Lipinski definition) is 1. The molecule has 0 saturated carbocycles. The number of ether oxygens (including phenoxy) is 1. The first-order chi connectivity index (χ1) is 9.06. The molecule has 19 heavy (non-hydrogen) atoms. The normalized spacial score (nSPS) is 12.7. The van der Waals surface area contributed by atoms with Gasteiger partial charge in [0.25, 0.3) is 0 Å². The van der Waals surface area contributed by atoms with Crippen molar-refractivity contribution < 1.29 is 9.13 Å². The van der Waals surface area contributed by atoms with Crippen LogP contribution in [0, 0.1) is 17.7 Å². The summed E-state index contributed by atoms with van der Waals surface area (Å²) in [6, 6.07) is 5.27. The highest BCUT2D eigenvalue weighted by molar-refractivity contribution is 5.29. The van der Waals surface area contributed by atoms with Crippen molar-refractivity contribution in [1.82, 2.24) is 5.32 Å². The van der Waals surface area contributed by atoms with Gasteiger partial charge >= 0.3 is 0 Å². The number of halogens is 1. The molecule has 0 bridgehead atoms. The molecule has 1 N–H and O–H groups in total. The van der Waals surface area contributed by atoms with Crippen molar-refractivity contribution in [3.05, 3.63) is 29.6 Å². The van der Waals surface area contributed by atoms with Gasteiger partial charge in [-0.1, -0.05) is 26.8 Å². The summed E-state index contributed by atoms with van der Waals surface area (Å²) in [6.45, 7) is 8.54. The molecule has 1 unspecified atom stereocenters. The van der Waals surface area contributed by atoms with E-state index in [1.807, 2.05) is 6.07 Å². The highest BCUT2D eigenvalue weighted by atomic mass is 19.1. The highest BCUT2D eigenvalue weighted by Crippen LogP contribution is 2.22. The second-order valence-corrected chi connectivity index (χ2v) is 5.48. The Labute approximate surface area is 116 Å². The number of nitrogens with one attached hydrogen (secondary N) is 1. The molecule has 2 nitrogen and oxygen atoms in total. The fourth-order valence-corrected chi connectivity index (χ4v) is 2.42. The Bertz CT molecular complexity index is 379. The standard InChI is InChI=1S/C16H26FNO/c1-5-18-11-14(8-12(2)3)9-13-6-7-16(19-4)15(17)10-13/h6-7,10,12,14,18H,5,8-9,11H2,1-4H3. The summed E-state index contributed by atoms with van der Waals surface area (Å²) in [5.74, 6) is 1.25. The molecule has 0 spiro atoms. The van der Waals surface area contributed by atoms with Crippen LogP contribution in [0.5, 0.6) is 5.75 Å². The zero-order chi connectivity index (χ0) is 14.3. The fourth-order valence-electron chi connectivity index (χ4n) is 2.42. The molecule has 3 heteroatoms. The van der Waals surface area contributed by atoms with Crippen LogP contribution in [0.1, 0.15) is 32.8 Å². The van der Waals surface area contributed by atoms with Crippen molar-refractivity contribution in [3.63, 3.8) is 0 Å². The van der Waals surface area contributed by atoms with Crippen LogP contribution in [0.4, 0.5) is 4.39 Å². The van der Waals surface area contributed by atoms with E-state index < -0.39 is 0 Å². The molecule has 1 rings (SSSR count). The van der Waals surface area contributed by atoms with Gasteiger partial charge in [0.1, 0.15) is 0 Å². The molecule has 1 aromatic carbocycles. The summed E-state index contributed by atoms with van der Waals surface area (Å²) >= 11 is 0. The van der Waals surface area contributed by atoms with Crippen LogP contribution < -0.4 is 10.1 Å². The van der Waals surface area contributed by atoms with Crippen LogP contribution >= 0.6 is 0 Å². The molecule has 0 amide bonds. The van der Waals surface area contributed by atoms with Gasteiger partial charge in [-0.2, -0.15) is 0 Å². The van der Waals surface area contributed by atoms with Crippen molar-refractivity contribution >= 4 is 0 Å². The van der Waals surface area contributed by atoms with Gasteiger partial charge in [0.2, 0.25) is 0 Å². The first-order valence-corrected chi connectivity index (χ1v) is 7.09. The first kappa shape index (κ1) is 16.0. The van der Waals surface area contributed by atoms with E-state index in [4.69, 9.17) is 4.74 Å². The Morgan fingerprint density at radius 2 is 2.05 bits per heavy atom. The molecule has 1 aromatic rings. The zero-order valence-electron chi connectivity index (χ0n) is 12.5. The first-order valence-electron chi connectivity index (χ1n) is 7.09. The summed E-state index contributed by atoms with van der Waals surface area (Å²) in [4.78, 5) is 0. The average Bonchev–Trinajstić information content (AvgIpc) is 2.35. The molecule has 0 heterocycles. The molecule has 0 aromatic heterocycles. The number of benzene rings is 1. The summed E-state index contributed by atoms with van der Waals surface area (Å²) in [7, 11) is 1.49. The van der Waals surface area contributed by atoms with E-state index >= 15 is 0 Å². The van der Waals surface area contributed by atoms with Crippen LogP contribution in [-0.2, 0) is 6.42 Å². The topological polar surface area (TPSA) is 21.3 Å². The fraction of sp³-hybridized carbons (Fsp3) is 0.625. The maximum atomic E-state index is 13.7. The van der Waals surface area contributed by atoms with Gasteiger partial charge in [-0.15, -0.1) is 0 Å². The van der Waals surface area contributed by atoms with E-state index in [2.05, 4.69) is 26.1 Å². The minimum Gasteiger partial charge on any atom is -0.494 e. The molecular weight excluding hydrogens is 241 g/mol. The van der Waals surface area contributed by atoms with Crippen molar-refractivity contribution in [2.75, 3.05) is 20.2 Å². The molecule has 0 saturated heterocycles. The average molecular weight is 267 g/mol. The maximum Gasteiger partial charge on any atom is 0.165 e. The lowest BCUT2D eigenvalue weighted by molar-refractivity contribution is 0.380. The predicted octanol–water partition coefficient (Wildman–Crippen LogP) is 3.65. The van der Waals surface area contributed by atoms with Gasteiger partial charge in [-0.25, -0.2) is 4.39 Å². The third-order valence-corrected chi connectivity index (χ3v) is 3.23. The van der Waals surface area contributed by atoms with Crippen LogP contribution in [0.25, 0.3) is 0 Å². The van der Waals surface area contributed by atoms with Crippen LogP contribution in [0.15, 0.2) is 18.2 Å². The van der Waals surface area contributed by atoms with Gasteiger partial charge < -0.3 is 10.1 Å². The lowest BCUT2D eigenvalue weighted by atomic mass is 9.91. The summed E-state index contributed by atoms with van der Waals surface area (Å²) in [5.41, 5.74) is 1.04. The molecule has 0 radical (unpaired) electrons. The minimum absolute atomic E-state index is 0.272. The van der Waals surface area contributed by atoms with Crippen molar-refractivity contribution in [3.8, 4) is 5.75 Å². The smallest absolute Gasteiger partial charge is 0.165 e. The molecule has 0 aliphatic rings. The SMILES string of the molecule is CCNCC(Cc1ccc(OC)c(F)c1)CC(C)C. The summed E-state index contributed by atoms with van der Waals surface area (Å²) in [6.07, 6.45) is 2.06. The molecule has 0 aliphatic carbocycles. The third kappa shape index (κ3) is 5.60. The Hall–Kier alpha value is -1.09. The molecule has 0 aliphatic heterocycles. The lowest BCUT2D eigenvalue weighted by Gasteiger charge is -2.19. The summed E-state index contributed by atoms with van der Waals surface area (Å²) in [5, 5.41) is 3.39.